The number of thiophene rings is 1. The predicted molar refractivity (Wildman–Crippen MR) is 119 cm³/mol. The van der Waals surface area contributed by atoms with E-state index < -0.39 is 25.8 Å². The molecule has 0 radical (unpaired) electrons. The number of sulfonamides is 2. The Morgan fingerprint density at radius 3 is 2.16 bits per heavy atom. The molecule has 0 aliphatic rings. The monoisotopic (exact) mass is 519 g/mol. The fourth-order valence-electron chi connectivity index (χ4n) is 2.62. The summed E-state index contributed by atoms with van der Waals surface area (Å²) in [5.41, 5.74) is 0.0919. The summed E-state index contributed by atoms with van der Waals surface area (Å²) in [6.45, 7) is 0. The van der Waals surface area contributed by atoms with Crippen molar-refractivity contribution in [2.75, 3.05) is 9.44 Å². The summed E-state index contributed by atoms with van der Waals surface area (Å²) in [5.74, 6) is -0.729. The first-order valence-corrected chi connectivity index (χ1v) is 12.9. The highest BCUT2D eigenvalue weighted by Gasteiger charge is 2.22. The van der Waals surface area contributed by atoms with Crippen molar-refractivity contribution in [2.45, 2.75) is 9.10 Å². The molecule has 0 spiro atoms. The second kappa shape index (κ2) is 7.88. The lowest BCUT2D eigenvalue weighted by Gasteiger charge is -2.15. The molecular weight excluding hydrogens is 509 g/mol. The number of hydrogen-bond acceptors (Lipinski definition) is 7. The van der Waals surface area contributed by atoms with E-state index in [9.17, 15) is 21.6 Å². The maximum atomic E-state index is 12.9. The largest absolute Gasteiger partial charge is 0.417 e. The van der Waals surface area contributed by atoms with Crippen molar-refractivity contribution in [1.82, 2.24) is 4.98 Å². The van der Waals surface area contributed by atoms with Crippen LogP contribution in [0.5, 0.6) is 0 Å². The zero-order valence-corrected chi connectivity index (χ0v) is 19.0. The Kier molecular flexibility index (Phi) is 5.52. The molecule has 0 fully saturated rings. The SMILES string of the molecule is O=c1[nH]c2ccc(S(=O)(=O)Nc3cc(Cl)c(Cl)cc3NS(=O)(=O)c3cccs3)cc2o1. The fraction of sp³-hybridized carbons (Fsp3) is 0. The van der Waals surface area contributed by atoms with Gasteiger partial charge < -0.3 is 4.42 Å². The maximum absolute atomic E-state index is 12.9. The summed E-state index contributed by atoms with van der Waals surface area (Å²) in [6.07, 6.45) is 0. The van der Waals surface area contributed by atoms with Gasteiger partial charge in [-0.1, -0.05) is 29.3 Å². The van der Waals surface area contributed by atoms with Crippen LogP contribution in [0.2, 0.25) is 10.0 Å². The summed E-state index contributed by atoms with van der Waals surface area (Å²) in [7, 11) is -8.21. The Balaban J connectivity index is 1.74. The van der Waals surface area contributed by atoms with Gasteiger partial charge in [0.2, 0.25) is 0 Å². The number of hydrogen-bond donors (Lipinski definition) is 3. The van der Waals surface area contributed by atoms with E-state index >= 15 is 0 Å². The normalized spacial score (nSPS) is 12.2. The smallest absolute Gasteiger partial charge is 0.408 e. The van der Waals surface area contributed by atoms with Crippen molar-refractivity contribution >= 4 is 77.1 Å². The molecule has 2 heterocycles. The zero-order chi connectivity index (χ0) is 22.4. The lowest BCUT2D eigenvalue weighted by Crippen LogP contribution is -2.17. The maximum Gasteiger partial charge on any atom is 0.417 e. The number of aromatic amines is 1. The molecule has 2 aromatic carbocycles. The molecule has 2 aromatic heterocycles. The number of rotatable bonds is 6. The standard InChI is InChI=1S/C17H11Cl2N3O6S3/c18-10-7-13(14(8-11(10)19)22-31(26,27)16-2-1-5-29-16)21-30(24,25)9-3-4-12-15(6-9)28-17(23)20-12/h1-8,21-22H,(H,20,23). The Morgan fingerprint density at radius 1 is 0.903 bits per heavy atom. The van der Waals surface area contributed by atoms with Crippen molar-refractivity contribution in [1.29, 1.82) is 0 Å². The van der Waals surface area contributed by atoms with Crippen molar-refractivity contribution in [2.24, 2.45) is 0 Å². The van der Waals surface area contributed by atoms with Crippen LogP contribution >= 0.6 is 34.5 Å². The number of halogens is 2. The summed E-state index contributed by atoms with van der Waals surface area (Å²) >= 11 is 13.0. The molecule has 0 saturated heterocycles. The number of nitrogens with one attached hydrogen (secondary N) is 3. The molecule has 0 aliphatic heterocycles. The van der Waals surface area contributed by atoms with E-state index in [0.717, 1.165) is 17.4 Å². The quantitative estimate of drug-likeness (QED) is 0.350. The van der Waals surface area contributed by atoms with Gasteiger partial charge in [0.15, 0.2) is 5.58 Å². The van der Waals surface area contributed by atoms with Crippen LogP contribution in [0.4, 0.5) is 11.4 Å². The number of oxazole rings is 1. The molecule has 4 aromatic rings. The molecule has 4 rings (SSSR count). The van der Waals surface area contributed by atoms with Crippen LogP contribution in [-0.4, -0.2) is 21.8 Å². The first-order chi connectivity index (χ1) is 14.5. The van der Waals surface area contributed by atoms with Crippen molar-refractivity contribution in [3.63, 3.8) is 0 Å². The molecule has 3 N–H and O–H groups in total. The number of benzene rings is 2. The molecular formula is C17H11Cl2N3O6S3. The fourth-order valence-corrected chi connectivity index (χ4v) is 6.10. The Bertz CT molecular complexity index is 1560. The van der Waals surface area contributed by atoms with Crippen LogP contribution < -0.4 is 15.2 Å². The summed E-state index contributed by atoms with van der Waals surface area (Å²) in [4.78, 5) is 13.5. The molecule has 0 aliphatic carbocycles. The highest BCUT2D eigenvalue weighted by atomic mass is 35.5. The summed E-state index contributed by atoms with van der Waals surface area (Å²) < 4.78 is 60.5. The van der Waals surface area contributed by atoms with Crippen LogP contribution in [0.1, 0.15) is 0 Å². The van der Waals surface area contributed by atoms with E-state index in [1.165, 1.54) is 30.3 Å². The van der Waals surface area contributed by atoms with Gasteiger partial charge in [0.25, 0.3) is 20.0 Å². The van der Waals surface area contributed by atoms with Gasteiger partial charge in [-0.25, -0.2) is 21.6 Å². The lowest BCUT2D eigenvalue weighted by atomic mass is 10.3. The first-order valence-electron chi connectivity index (χ1n) is 8.26. The first kappa shape index (κ1) is 21.7. The highest BCUT2D eigenvalue weighted by Crippen LogP contribution is 2.35. The van der Waals surface area contributed by atoms with Gasteiger partial charge in [-0.3, -0.25) is 14.4 Å². The number of H-pyrrole nitrogens is 1. The van der Waals surface area contributed by atoms with Gasteiger partial charge in [-0.05, 0) is 35.7 Å². The minimum absolute atomic E-state index is 0.00511. The van der Waals surface area contributed by atoms with E-state index in [2.05, 4.69) is 14.4 Å². The molecule has 162 valence electrons. The van der Waals surface area contributed by atoms with E-state index in [1.54, 1.807) is 11.4 Å². The second-order valence-electron chi connectivity index (χ2n) is 6.13. The number of aromatic nitrogens is 1. The molecule has 0 unspecified atom stereocenters. The summed E-state index contributed by atoms with van der Waals surface area (Å²) in [5, 5.41) is 1.61. The summed E-state index contributed by atoms with van der Waals surface area (Å²) in [6, 6.07) is 9.11. The van der Waals surface area contributed by atoms with Gasteiger partial charge in [0.05, 0.1) is 31.8 Å². The van der Waals surface area contributed by atoms with E-state index in [1.807, 2.05) is 0 Å². The number of fused-ring (bicyclic) bond motifs is 1. The van der Waals surface area contributed by atoms with Gasteiger partial charge in [-0.15, -0.1) is 11.3 Å². The zero-order valence-electron chi connectivity index (χ0n) is 15.0. The lowest BCUT2D eigenvalue weighted by molar-refractivity contribution is 0.554. The van der Waals surface area contributed by atoms with E-state index in [0.29, 0.717) is 5.52 Å². The van der Waals surface area contributed by atoms with Crippen LogP contribution in [0, 0.1) is 0 Å². The molecule has 0 amide bonds. The third-order valence-electron chi connectivity index (χ3n) is 4.01. The van der Waals surface area contributed by atoms with Crippen molar-refractivity contribution < 1.29 is 21.3 Å². The highest BCUT2D eigenvalue weighted by molar-refractivity contribution is 7.94. The minimum Gasteiger partial charge on any atom is -0.408 e. The Morgan fingerprint density at radius 2 is 1.55 bits per heavy atom. The molecule has 14 heteroatoms. The second-order valence-corrected chi connectivity index (χ2v) is 11.5. The van der Waals surface area contributed by atoms with E-state index in [-0.39, 0.29) is 36.1 Å². The Labute approximate surface area is 189 Å². The molecule has 31 heavy (non-hydrogen) atoms. The molecule has 9 nitrogen and oxygen atoms in total. The van der Waals surface area contributed by atoms with Crippen LogP contribution in [0.3, 0.4) is 0 Å². The van der Waals surface area contributed by atoms with Crippen LogP contribution in [-0.2, 0) is 20.0 Å². The predicted octanol–water partition coefficient (Wildman–Crippen LogP) is 4.09. The van der Waals surface area contributed by atoms with Crippen molar-refractivity contribution in [3.8, 4) is 0 Å². The average Bonchev–Trinajstić information content (AvgIpc) is 3.34. The van der Waals surface area contributed by atoms with Gasteiger partial charge >= 0.3 is 5.76 Å². The average molecular weight is 520 g/mol. The van der Waals surface area contributed by atoms with Gasteiger partial charge in [0, 0.05) is 6.07 Å². The van der Waals surface area contributed by atoms with Gasteiger partial charge in [0.1, 0.15) is 4.21 Å². The molecule has 0 saturated carbocycles. The molecule has 0 bridgehead atoms. The Hall–Kier alpha value is -2.51. The third-order valence-corrected chi connectivity index (χ3v) is 8.86. The third kappa shape index (κ3) is 4.43. The molecule has 0 atom stereocenters. The van der Waals surface area contributed by atoms with Crippen LogP contribution in [0.25, 0.3) is 11.1 Å². The number of anilines is 2. The van der Waals surface area contributed by atoms with Crippen LogP contribution in [0.15, 0.2) is 66.2 Å². The van der Waals surface area contributed by atoms with E-state index in [4.69, 9.17) is 27.6 Å². The van der Waals surface area contributed by atoms with Gasteiger partial charge in [-0.2, -0.15) is 0 Å². The van der Waals surface area contributed by atoms with Crippen molar-refractivity contribution in [3.05, 3.63) is 68.4 Å². The minimum atomic E-state index is -4.22. The topological polar surface area (TPSA) is 138 Å².